The highest BCUT2D eigenvalue weighted by molar-refractivity contribution is 5.81. The normalized spacial score (nSPS) is 11.1. The lowest BCUT2D eigenvalue weighted by atomic mass is 10.1. The van der Waals surface area contributed by atoms with E-state index in [1.165, 1.54) is 44.9 Å². The number of carbonyl (C=O) groups excluding carboxylic acids is 1. The molecule has 0 amide bonds. The Morgan fingerprint density at radius 2 is 1.42 bits per heavy atom. The number of hydrogen-bond acceptors (Lipinski definition) is 2. The third-order valence-corrected chi connectivity index (χ3v) is 3.22. The smallest absolute Gasteiger partial charge is 0.330 e. The van der Waals surface area contributed by atoms with Crippen molar-refractivity contribution < 1.29 is 9.53 Å². The molecule has 19 heavy (non-hydrogen) atoms. The molecule has 0 aromatic heterocycles. The molecule has 0 aliphatic heterocycles. The van der Waals surface area contributed by atoms with Crippen molar-refractivity contribution in [3.05, 3.63) is 12.2 Å². The molecule has 2 heteroatoms. The van der Waals surface area contributed by atoms with Gasteiger partial charge in [-0.15, -0.1) is 0 Å². The molecule has 0 unspecified atom stereocenters. The van der Waals surface area contributed by atoms with Crippen LogP contribution in [0.2, 0.25) is 0 Å². The fraction of sp³-hybridized carbons (Fsp3) is 0.824. The van der Waals surface area contributed by atoms with Crippen LogP contribution in [0.4, 0.5) is 0 Å². The van der Waals surface area contributed by atoms with Crippen LogP contribution >= 0.6 is 0 Å². The first kappa shape index (κ1) is 18.2. The van der Waals surface area contributed by atoms with Crippen LogP contribution in [0.5, 0.6) is 0 Å². The monoisotopic (exact) mass is 268 g/mol. The van der Waals surface area contributed by atoms with E-state index in [4.69, 9.17) is 4.74 Å². The molecule has 0 atom stereocenters. The first-order valence-corrected chi connectivity index (χ1v) is 8.14. The van der Waals surface area contributed by atoms with Gasteiger partial charge in [0.2, 0.25) is 0 Å². The molecule has 0 saturated carbocycles. The van der Waals surface area contributed by atoms with Crippen molar-refractivity contribution in [3.8, 4) is 0 Å². The summed E-state index contributed by atoms with van der Waals surface area (Å²) >= 11 is 0. The number of hydrogen-bond donors (Lipinski definition) is 0. The third kappa shape index (κ3) is 15.2. The zero-order valence-electron chi connectivity index (χ0n) is 13.0. The summed E-state index contributed by atoms with van der Waals surface area (Å²) in [6.07, 6.45) is 16.9. The van der Waals surface area contributed by atoms with Crippen molar-refractivity contribution in [2.45, 2.75) is 84.5 Å². The predicted octanol–water partition coefficient (Wildman–Crippen LogP) is 5.42. The van der Waals surface area contributed by atoms with Gasteiger partial charge in [0.1, 0.15) is 0 Å². The average Bonchev–Trinajstić information content (AvgIpc) is 2.42. The molecular formula is C17H32O2. The lowest BCUT2D eigenvalue weighted by molar-refractivity contribution is -0.137. The Kier molecular flexibility index (Phi) is 14.6. The molecule has 0 aromatic carbocycles. The Bertz CT molecular complexity index is 221. The van der Waals surface area contributed by atoms with Crippen molar-refractivity contribution in [2.24, 2.45) is 0 Å². The maximum atomic E-state index is 11.3. The summed E-state index contributed by atoms with van der Waals surface area (Å²) in [5.41, 5.74) is 0. The largest absolute Gasteiger partial charge is 0.463 e. The lowest BCUT2D eigenvalue weighted by Gasteiger charge is -2.02. The van der Waals surface area contributed by atoms with Crippen LogP contribution in [0.15, 0.2) is 12.2 Å². The fourth-order valence-corrected chi connectivity index (χ4v) is 1.96. The van der Waals surface area contributed by atoms with Gasteiger partial charge in [-0.1, -0.05) is 77.7 Å². The second-order valence-electron chi connectivity index (χ2n) is 5.19. The van der Waals surface area contributed by atoms with Crippen LogP contribution in [-0.4, -0.2) is 12.6 Å². The van der Waals surface area contributed by atoms with E-state index in [1.54, 1.807) is 6.08 Å². The van der Waals surface area contributed by atoms with E-state index >= 15 is 0 Å². The van der Waals surface area contributed by atoms with Gasteiger partial charge in [0.15, 0.2) is 0 Å². The van der Waals surface area contributed by atoms with E-state index in [-0.39, 0.29) is 5.97 Å². The molecule has 0 radical (unpaired) electrons. The number of ether oxygens (including phenoxy) is 1. The summed E-state index contributed by atoms with van der Waals surface area (Å²) in [7, 11) is 0. The fourth-order valence-electron chi connectivity index (χ4n) is 1.96. The molecule has 0 bridgehead atoms. The van der Waals surface area contributed by atoms with Gasteiger partial charge in [0, 0.05) is 6.08 Å². The van der Waals surface area contributed by atoms with E-state index in [9.17, 15) is 4.79 Å². The summed E-state index contributed by atoms with van der Waals surface area (Å²) in [5.74, 6) is -0.181. The highest BCUT2D eigenvalue weighted by atomic mass is 16.5. The Morgan fingerprint density at radius 1 is 0.842 bits per heavy atom. The maximum Gasteiger partial charge on any atom is 0.330 e. The Balaban J connectivity index is 3.20. The van der Waals surface area contributed by atoms with Crippen LogP contribution in [0.3, 0.4) is 0 Å². The van der Waals surface area contributed by atoms with E-state index in [0.29, 0.717) is 6.61 Å². The number of rotatable bonds is 13. The molecule has 0 heterocycles. The minimum absolute atomic E-state index is 0.181. The SMILES string of the molecule is CCCCC=CC(=O)OCCCCCCCCCC. The summed E-state index contributed by atoms with van der Waals surface area (Å²) in [6, 6.07) is 0. The topological polar surface area (TPSA) is 26.3 Å². The number of esters is 1. The minimum Gasteiger partial charge on any atom is -0.463 e. The molecule has 0 aromatic rings. The number of carbonyl (C=O) groups is 1. The minimum atomic E-state index is -0.181. The summed E-state index contributed by atoms with van der Waals surface area (Å²) in [4.78, 5) is 11.3. The molecule has 0 saturated heterocycles. The Labute approximate surface area is 119 Å². The molecule has 0 aliphatic carbocycles. The highest BCUT2D eigenvalue weighted by Gasteiger charge is 1.96. The van der Waals surface area contributed by atoms with Gasteiger partial charge in [-0.25, -0.2) is 4.79 Å². The van der Waals surface area contributed by atoms with Gasteiger partial charge < -0.3 is 4.74 Å². The van der Waals surface area contributed by atoms with Crippen molar-refractivity contribution >= 4 is 5.97 Å². The van der Waals surface area contributed by atoms with Gasteiger partial charge in [-0.2, -0.15) is 0 Å². The van der Waals surface area contributed by atoms with Crippen LogP contribution in [0.1, 0.15) is 84.5 Å². The molecule has 0 spiro atoms. The number of unbranched alkanes of at least 4 members (excludes halogenated alkanes) is 9. The summed E-state index contributed by atoms with van der Waals surface area (Å²) in [5, 5.41) is 0. The molecule has 0 fully saturated rings. The van der Waals surface area contributed by atoms with Crippen LogP contribution in [0.25, 0.3) is 0 Å². The standard InChI is InChI=1S/C17H32O2/c1-3-5-7-9-10-11-12-14-16-19-17(18)15-13-8-6-4-2/h13,15H,3-12,14,16H2,1-2H3. The third-order valence-electron chi connectivity index (χ3n) is 3.22. The highest BCUT2D eigenvalue weighted by Crippen LogP contribution is 2.08. The van der Waals surface area contributed by atoms with Crippen molar-refractivity contribution in [2.75, 3.05) is 6.61 Å². The first-order valence-electron chi connectivity index (χ1n) is 8.14. The molecule has 0 rings (SSSR count). The van der Waals surface area contributed by atoms with E-state index in [2.05, 4.69) is 13.8 Å². The quantitative estimate of drug-likeness (QED) is 0.253. The summed E-state index contributed by atoms with van der Waals surface area (Å²) in [6.45, 7) is 4.96. The zero-order chi connectivity index (χ0) is 14.2. The average molecular weight is 268 g/mol. The maximum absolute atomic E-state index is 11.3. The Hall–Kier alpha value is -0.790. The van der Waals surface area contributed by atoms with Crippen molar-refractivity contribution in [1.82, 2.24) is 0 Å². The molecule has 0 aliphatic rings. The lowest BCUT2D eigenvalue weighted by Crippen LogP contribution is -2.02. The van der Waals surface area contributed by atoms with Crippen LogP contribution in [0, 0.1) is 0 Å². The van der Waals surface area contributed by atoms with E-state index < -0.39 is 0 Å². The van der Waals surface area contributed by atoms with E-state index in [0.717, 1.165) is 25.7 Å². The van der Waals surface area contributed by atoms with Crippen LogP contribution < -0.4 is 0 Å². The first-order chi connectivity index (χ1) is 9.31. The van der Waals surface area contributed by atoms with Crippen molar-refractivity contribution in [1.29, 1.82) is 0 Å². The molecule has 2 nitrogen and oxygen atoms in total. The van der Waals surface area contributed by atoms with Gasteiger partial charge in [0.25, 0.3) is 0 Å². The van der Waals surface area contributed by atoms with Gasteiger partial charge >= 0.3 is 5.97 Å². The molecular weight excluding hydrogens is 236 g/mol. The zero-order valence-corrected chi connectivity index (χ0v) is 13.0. The van der Waals surface area contributed by atoms with Gasteiger partial charge in [-0.3, -0.25) is 0 Å². The summed E-state index contributed by atoms with van der Waals surface area (Å²) < 4.78 is 5.14. The molecule has 0 N–H and O–H groups in total. The van der Waals surface area contributed by atoms with Crippen LogP contribution in [-0.2, 0) is 9.53 Å². The number of allylic oxidation sites excluding steroid dienone is 1. The molecule has 112 valence electrons. The van der Waals surface area contributed by atoms with Gasteiger partial charge in [-0.05, 0) is 12.8 Å². The second kappa shape index (κ2) is 15.3. The van der Waals surface area contributed by atoms with Crippen molar-refractivity contribution in [3.63, 3.8) is 0 Å². The van der Waals surface area contributed by atoms with E-state index in [1.807, 2.05) is 6.08 Å². The second-order valence-corrected chi connectivity index (χ2v) is 5.19. The Morgan fingerprint density at radius 3 is 2.05 bits per heavy atom. The predicted molar refractivity (Wildman–Crippen MR) is 82.2 cm³/mol. The van der Waals surface area contributed by atoms with Gasteiger partial charge in [0.05, 0.1) is 6.61 Å².